The zero-order chi connectivity index (χ0) is 18.9. The Kier molecular flexibility index (Phi) is 5.25. The van der Waals surface area contributed by atoms with Crippen LogP contribution in [-0.4, -0.2) is 31.7 Å². The van der Waals surface area contributed by atoms with Gasteiger partial charge in [-0.25, -0.2) is 8.42 Å². The third kappa shape index (κ3) is 4.20. The molecule has 1 saturated carbocycles. The van der Waals surface area contributed by atoms with Crippen LogP contribution in [0.2, 0.25) is 0 Å². The van der Waals surface area contributed by atoms with Crippen LogP contribution in [-0.2, 0) is 14.8 Å². The van der Waals surface area contributed by atoms with E-state index in [2.05, 4.69) is 4.72 Å². The Bertz CT molecular complexity index is 910. The molecule has 0 aromatic heterocycles. The van der Waals surface area contributed by atoms with Crippen molar-refractivity contribution >= 4 is 27.9 Å². The Labute approximate surface area is 164 Å². The summed E-state index contributed by atoms with van der Waals surface area (Å²) in [5, 5.41) is 0. The van der Waals surface area contributed by atoms with Crippen molar-refractivity contribution in [3.8, 4) is 0 Å². The molecular weight excluding hydrogens is 380 g/mol. The van der Waals surface area contributed by atoms with Gasteiger partial charge < -0.3 is 0 Å². The Hall–Kier alpha value is -1.83. The predicted octanol–water partition coefficient (Wildman–Crippen LogP) is 3.40. The first-order valence-electron chi connectivity index (χ1n) is 9.16. The molecule has 1 aliphatic heterocycles. The Morgan fingerprint density at radius 1 is 1.00 bits per heavy atom. The first kappa shape index (κ1) is 18.5. The SMILES string of the molecule is O=C(NSc1ccc(C2CCN(S(=O)(=O)c3ccccc3)C2)cc1)C1CC1. The average Bonchev–Trinajstić information content (AvgIpc) is 3.43. The Morgan fingerprint density at radius 3 is 2.37 bits per heavy atom. The first-order chi connectivity index (χ1) is 13.0. The minimum Gasteiger partial charge on any atom is -0.296 e. The molecule has 0 radical (unpaired) electrons. The number of hydrogen-bond donors (Lipinski definition) is 1. The summed E-state index contributed by atoms with van der Waals surface area (Å²) < 4.78 is 30.0. The van der Waals surface area contributed by atoms with Gasteiger partial charge in [0, 0.05) is 23.9 Å². The lowest BCUT2D eigenvalue weighted by Gasteiger charge is -2.17. The third-order valence-corrected chi connectivity index (χ3v) is 7.79. The molecule has 5 nitrogen and oxygen atoms in total. The van der Waals surface area contributed by atoms with Crippen molar-refractivity contribution in [2.75, 3.05) is 13.1 Å². The molecule has 2 fully saturated rings. The van der Waals surface area contributed by atoms with Crippen molar-refractivity contribution < 1.29 is 13.2 Å². The van der Waals surface area contributed by atoms with Crippen LogP contribution in [0.1, 0.15) is 30.7 Å². The lowest BCUT2D eigenvalue weighted by atomic mass is 9.99. The zero-order valence-corrected chi connectivity index (χ0v) is 16.5. The minimum absolute atomic E-state index is 0.113. The van der Waals surface area contributed by atoms with Crippen LogP contribution in [0.15, 0.2) is 64.4 Å². The summed E-state index contributed by atoms with van der Waals surface area (Å²) in [6, 6.07) is 16.7. The fourth-order valence-electron chi connectivity index (χ4n) is 3.31. The first-order valence-corrected chi connectivity index (χ1v) is 11.4. The maximum atomic E-state index is 12.8. The van der Waals surface area contributed by atoms with Gasteiger partial charge in [-0.15, -0.1) is 0 Å². The molecule has 0 bridgehead atoms. The van der Waals surface area contributed by atoms with Crippen LogP contribution in [0, 0.1) is 5.92 Å². The molecule has 1 N–H and O–H groups in total. The molecule has 142 valence electrons. The second-order valence-corrected chi connectivity index (χ2v) is 9.89. The summed E-state index contributed by atoms with van der Waals surface area (Å²) >= 11 is 1.34. The minimum atomic E-state index is -3.43. The number of nitrogens with one attached hydrogen (secondary N) is 1. The Balaban J connectivity index is 1.38. The number of rotatable bonds is 6. The van der Waals surface area contributed by atoms with E-state index in [1.165, 1.54) is 11.9 Å². The molecule has 2 aliphatic rings. The quantitative estimate of drug-likeness (QED) is 0.752. The van der Waals surface area contributed by atoms with Crippen LogP contribution in [0.5, 0.6) is 0 Å². The van der Waals surface area contributed by atoms with Crippen molar-refractivity contribution in [2.24, 2.45) is 5.92 Å². The fraction of sp³-hybridized carbons (Fsp3) is 0.350. The van der Waals surface area contributed by atoms with Crippen molar-refractivity contribution in [3.63, 3.8) is 0 Å². The van der Waals surface area contributed by atoms with Gasteiger partial charge in [-0.05, 0) is 67.0 Å². The highest BCUT2D eigenvalue weighted by atomic mass is 32.2. The summed E-state index contributed by atoms with van der Waals surface area (Å²) in [4.78, 5) is 13.0. The topological polar surface area (TPSA) is 66.5 Å². The molecule has 0 spiro atoms. The molecule has 1 saturated heterocycles. The van der Waals surface area contributed by atoms with E-state index in [9.17, 15) is 13.2 Å². The highest BCUT2D eigenvalue weighted by molar-refractivity contribution is 7.98. The van der Waals surface area contributed by atoms with E-state index in [4.69, 9.17) is 0 Å². The summed E-state index contributed by atoms with van der Waals surface area (Å²) in [6.45, 7) is 1.04. The number of amides is 1. The standard InChI is InChI=1S/C20H22N2O3S2/c23-20(16-6-7-16)21-26-18-10-8-15(9-11-18)17-12-13-22(14-17)27(24,25)19-4-2-1-3-5-19/h1-5,8-11,16-17H,6-7,12-14H2,(H,21,23). The van der Waals surface area contributed by atoms with Gasteiger partial charge in [0.2, 0.25) is 15.9 Å². The van der Waals surface area contributed by atoms with Crippen LogP contribution in [0.25, 0.3) is 0 Å². The van der Waals surface area contributed by atoms with Crippen molar-refractivity contribution in [1.29, 1.82) is 0 Å². The summed E-state index contributed by atoms with van der Waals surface area (Å²) in [5.74, 6) is 0.512. The lowest BCUT2D eigenvalue weighted by molar-refractivity contribution is -0.120. The summed E-state index contributed by atoms with van der Waals surface area (Å²) in [5.41, 5.74) is 1.14. The molecule has 1 aliphatic carbocycles. The van der Waals surface area contributed by atoms with Crippen LogP contribution in [0.3, 0.4) is 0 Å². The predicted molar refractivity (Wildman–Crippen MR) is 106 cm³/mol. The molecule has 1 atom stereocenters. The van der Waals surface area contributed by atoms with Crippen molar-refractivity contribution in [1.82, 2.24) is 9.03 Å². The third-order valence-electron chi connectivity index (χ3n) is 5.10. The van der Waals surface area contributed by atoms with E-state index in [0.29, 0.717) is 18.0 Å². The van der Waals surface area contributed by atoms with E-state index in [1.807, 2.05) is 30.3 Å². The van der Waals surface area contributed by atoms with E-state index in [1.54, 1.807) is 28.6 Å². The average molecular weight is 403 g/mol. The number of carbonyl (C=O) groups excluding carboxylic acids is 1. The zero-order valence-electron chi connectivity index (χ0n) is 14.9. The molecule has 1 unspecified atom stereocenters. The highest BCUT2D eigenvalue weighted by Gasteiger charge is 2.33. The smallest absolute Gasteiger partial charge is 0.243 e. The van der Waals surface area contributed by atoms with Gasteiger partial charge in [0.1, 0.15) is 0 Å². The normalized spacial score (nSPS) is 20.5. The van der Waals surface area contributed by atoms with Crippen LogP contribution < -0.4 is 4.72 Å². The second kappa shape index (κ2) is 7.66. The maximum Gasteiger partial charge on any atom is 0.243 e. The summed E-state index contributed by atoms with van der Waals surface area (Å²) in [6.07, 6.45) is 2.81. The van der Waals surface area contributed by atoms with Crippen LogP contribution in [0.4, 0.5) is 0 Å². The maximum absolute atomic E-state index is 12.8. The largest absolute Gasteiger partial charge is 0.296 e. The van der Waals surface area contributed by atoms with Crippen LogP contribution >= 0.6 is 11.9 Å². The summed E-state index contributed by atoms with van der Waals surface area (Å²) in [7, 11) is -3.43. The van der Waals surface area contributed by atoms with Gasteiger partial charge in [0.15, 0.2) is 0 Å². The van der Waals surface area contributed by atoms with Gasteiger partial charge in [-0.2, -0.15) is 4.31 Å². The lowest BCUT2D eigenvalue weighted by Crippen LogP contribution is -2.28. The molecule has 4 rings (SSSR count). The van der Waals surface area contributed by atoms with E-state index in [0.717, 1.165) is 29.7 Å². The number of sulfonamides is 1. The van der Waals surface area contributed by atoms with E-state index < -0.39 is 10.0 Å². The van der Waals surface area contributed by atoms with Crippen molar-refractivity contribution in [3.05, 3.63) is 60.2 Å². The van der Waals surface area contributed by atoms with Gasteiger partial charge in [-0.3, -0.25) is 9.52 Å². The van der Waals surface area contributed by atoms with Gasteiger partial charge in [0.05, 0.1) is 4.90 Å². The Morgan fingerprint density at radius 2 is 1.70 bits per heavy atom. The number of carbonyl (C=O) groups is 1. The highest BCUT2D eigenvalue weighted by Crippen LogP contribution is 2.33. The molecule has 1 amide bonds. The van der Waals surface area contributed by atoms with Crippen molar-refractivity contribution in [2.45, 2.75) is 35.0 Å². The number of benzene rings is 2. The van der Waals surface area contributed by atoms with Gasteiger partial charge >= 0.3 is 0 Å². The molecule has 2 aromatic rings. The molecule has 27 heavy (non-hydrogen) atoms. The van der Waals surface area contributed by atoms with E-state index >= 15 is 0 Å². The van der Waals surface area contributed by atoms with Gasteiger partial charge in [0.25, 0.3) is 0 Å². The fourth-order valence-corrected chi connectivity index (χ4v) is 5.48. The number of hydrogen-bond acceptors (Lipinski definition) is 4. The molecular formula is C20H22N2O3S2. The second-order valence-electron chi connectivity index (χ2n) is 7.07. The van der Waals surface area contributed by atoms with E-state index in [-0.39, 0.29) is 17.7 Å². The molecule has 2 aromatic carbocycles. The monoisotopic (exact) mass is 402 g/mol. The number of nitrogens with zero attached hydrogens (tertiary/aromatic N) is 1. The molecule has 7 heteroatoms. The van der Waals surface area contributed by atoms with Gasteiger partial charge in [-0.1, -0.05) is 30.3 Å². The molecule has 1 heterocycles.